The second-order valence-corrected chi connectivity index (χ2v) is 19.2. The molecule has 4 saturated carbocycles. The lowest BCUT2D eigenvalue weighted by Crippen LogP contribution is -2.55. The van der Waals surface area contributed by atoms with Gasteiger partial charge in [-0.15, -0.1) is 0 Å². The van der Waals surface area contributed by atoms with Gasteiger partial charge in [-0.25, -0.2) is 0 Å². The molecule has 0 saturated heterocycles. The van der Waals surface area contributed by atoms with Crippen LogP contribution in [-0.4, -0.2) is 0 Å². The minimum Gasteiger partial charge on any atom is -0.310 e. The minimum absolute atomic E-state index is 0.106. The van der Waals surface area contributed by atoms with E-state index < -0.39 is 0 Å². The molecule has 6 aliphatic carbocycles. The molecule has 0 heterocycles. The van der Waals surface area contributed by atoms with E-state index in [1.54, 1.807) is 11.1 Å². The summed E-state index contributed by atoms with van der Waals surface area (Å²) >= 11 is 0. The fourth-order valence-corrected chi connectivity index (χ4v) is 12.9. The fraction of sp³-hybridized carbons (Fsp3) is 0.333. The zero-order valence-corrected chi connectivity index (χ0v) is 33.0. The minimum atomic E-state index is 0.106. The predicted molar refractivity (Wildman–Crippen MR) is 231 cm³/mol. The smallest absolute Gasteiger partial charge is 0.0546 e. The van der Waals surface area contributed by atoms with Crippen molar-refractivity contribution in [3.05, 3.63) is 162 Å². The highest BCUT2D eigenvalue weighted by molar-refractivity contribution is 6.01. The van der Waals surface area contributed by atoms with Crippen molar-refractivity contribution in [2.75, 3.05) is 4.90 Å². The van der Waals surface area contributed by atoms with Crippen LogP contribution in [-0.2, 0) is 16.2 Å². The fourth-order valence-electron chi connectivity index (χ4n) is 12.9. The van der Waals surface area contributed by atoms with Crippen LogP contribution in [0.1, 0.15) is 94.9 Å². The number of rotatable bonds is 5. The van der Waals surface area contributed by atoms with Crippen LogP contribution >= 0.6 is 0 Å². The van der Waals surface area contributed by atoms with Crippen LogP contribution in [0.3, 0.4) is 0 Å². The number of fused-ring (bicyclic) bond motifs is 4. The van der Waals surface area contributed by atoms with Crippen molar-refractivity contribution in [1.29, 1.82) is 0 Å². The van der Waals surface area contributed by atoms with Crippen LogP contribution in [0.4, 0.5) is 17.1 Å². The first-order valence-electron chi connectivity index (χ1n) is 21.2. The maximum atomic E-state index is 2.61. The van der Waals surface area contributed by atoms with Crippen LogP contribution in [0.15, 0.2) is 140 Å². The van der Waals surface area contributed by atoms with Gasteiger partial charge in [0.2, 0.25) is 0 Å². The van der Waals surface area contributed by atoms with Gasteiger partial charge in [-0.1, -0.05) is 137 Å². The molecule has 6 aliphatic rings. The monoisotopic (exact) mass is 715 g/mol. The van der Waals surface area contributed by atoms with Gasteiger partial charge in [0.25, 0.3) is 0 Å². The molecule has 55 heavy (non-hydrogen) atoms. The second kappa shape index (κ2) is 12.1. The maximum Gasteiger partial charge on any atom is 0.0546 e. The van der Waals surface area contributed by atoms with Gasteiger partial charge in [-0.2, -0.15) is 0 Å². The van der Waals surface area contributed by atoms with Gasteiger partial charge in [0, 0.05) is 22.4 Å². The molecule has 1 spiro atoms. The molecule has 6 aromatic carbocycles. The summed E-state index contributed by atoms with van der Waals surface area (Å²) in [5, 5.41) is 0. The molecule has 0 unspecified atom stereocenters. The van der Waals surface area contributed by atoms with Crippen LogP contribution in [0.2, 0.25) is 0 Å². The zero-order valence-electron chi connectivity index (χ0n) is 33.0. The lowest BCUT2D eigenvalue weighted by molar-refractivity contribution is -0.0399. The number of nitrogens with zero attached hydrogens (tertiary/aromatic N) is 1. The van der Waals surface area contributed by atoms with E-state index in [1.807, 2.05) is 0 Å². The topological polar surface area (TPSA) is 3.24 Å². The summed E-state index contributed by atoms with van der Waals surface area (Å²) < 4.78 is 0. The van der Waals surface area contributed by atoms with Gasteiger partial charge in [0.1, 0.15) is 0 Å². The standard InChI is InChI=1S/C54H53N/c1-52(2)27-28-53(3,4)48-34-43(23-24-46(48)52)55(42-21-19-38(20-22-42)37-13-7-5-8-14-37)49-26-25-47-51(50(49)39-15-9-6-10-16-39)44-17-11-12-18-45(44)54(47)40-30-35-29-36(32-40)33-41(54)31-35/h5-26,34-36,40-41H,27-33H2,1-4H3. The Morgan fingerprint density at radius 3 is 1.65 bits per heavy atom. The Balaban J connectivity index is 1.18. The zero-order chi connectivity index (χ0) is 37.1. The van der Waals surface area contributed by atoms with E-state index in [9.17, 15) is 0 Å². The Morgan fingerprint density at radius 1 is 0.436 bits per heavy atom. The van der Waals surface area contributed by atoms with Crippen molar-refractivity contribution in [3.63, 3.8) is 0 Å². The van der Waals surface area contributed by atoms with Crippen molar-refractivity contribution in [3.8, 4) is 33.4 Å². The van der Waals surface area contributed by atoms with E-state index in [4.69, 9.17) is 0 Å². The molecule has 4 bridgehead atoms. The number of anilines is 3. The molecule has 4 fully saturated rings. The summed E-state index contributed by atoms with van der Waals surface area (Å²) in [7, 11) is 0. The molecule has 6 aromatic rings. The quantitative estimate of drug-likeness (QED) is 0.172. The Bertz CT molecular complexity index is 2400. The second-order valence-electron chi connectivity index (χ2n) is 19.2. The van der Waals surface area contributed by atoms with E-state index in [-0.39, 0.29) is 16.2 Å². The molecular weight excluding hydrogens is 663 g/mol. The SMILES string of the molecule is CC1(C)CCC(C)(C)c2cc(N(c3ccc(-c4ccccc4)cc3)c3ccc4c(c3-c3ccccc3)-c3ccccc3C43C4CC5CC(C4)CC3C5)ccc21. The summed E-state index contributed by atoms with van der Waals surface area (Å²) in [6, 6.07) is 53.7. The van der Waals surface area contributed by atoms with Crippen LogP contribution in [0.25, 0.3) is 33.4 Å². The van der Waals surface area contributed by atoms with E-state index in [1.165, 1.54) is 107 Å². The van der Waals surface area contributed by atoms with Crippen LogP contribution < -0.4 is 4.90 Å². The van der Waals surface area contributed by atoms with Crippen molar-refractivity contribution in [2.24, 2.45) is 23.7 Å². The average Bonchev–Trinajstić information content (AvgIpc) is 3.50. The largest absolute Gasteiger partial charge is 0.310 e. The third-order valence-corrected chi connectivity index (χ3v) is 15.3. The number of benzene rings is 6. The lowest BCUT2D eigenvalue weighted by Gasteiger charge is -2.61. The summed E-state index contributed by atoms with van der Waals surface area (Å²) in [6.45, 7) is 9.78. The highest BCUT2D eigenvalue weighted by Gasteiger charge is 2.62. The van der Waals surface area contributed by atoms with Crippen LogP contribution in [0, 0.1) is 23.7 Å². The Kier molecular flexibility index (Phi) is 7.34. The molecule has 12 rings (SSSR count). The summed E-state index contributed by atoms with van der Waals surface area (Å²) in [6.07, 6.45) is 9.45. The number of hydrogen-bond donors (Lipinski definition) is 0. The lowest BCUT2D eigenvalue weighted by atomic mass is 9.43. The molecule has 274 valence electrons. The first-order chi connectivity index (χ1) is 26.7. The molecule has 1 heteroatoms. The molecule has 0 aromatic heterocycles. The van der Waals surface area contributed by atoms with Crippen molar-refractivity contribution in [1.82, 2.24) is 0 Å². The summed E-state index contributed by atoms with van der Waals surface area (Å²) in [5.74, 6) is 3.30. The Hall–Kier alpha value is -4.88. The van der Waals surface area contributed by atoms with Crippen LogP contribution in [0.5, 0.6) is 0 Å². The molecule has 0 aliphatic heterocycles. The first kappa shape index (κ1) is 33.5. The average molecular weight is 716 g/mol. The Labute approximate surface area is 328 Å². The van der Waals surface area contributed by atoms with Crippen molar-refractivity contribution in [2.45, 2.75) is 88.9 Å². The molecule has 0 amide bonds. The number of hydrogen-bond acceptors (Lipinski definition) is 1. The van der Waals surface area contributed by atoms with E-state index in [0.717, 1.165) is 23.7 Å². The van der Waals surface area contributed by atoms with Gasteiger partial charge < -0.3 is 4.90 Å². The molecule has 0 N–H and O–H groups in total. The van der Waals surface area contributed by atoms with Gasteiger partial charge in [0.05, 0.1) is 5.69 Å². The first-order valence-corrected chi connectivity index (χ1v) is 21.2. The molecule has 0 atom stereocenters. The van der Waals surface area contributed by atoms with E-state index in [0.29, 0.717) is 0 Å². The molecule has 0 radical (unpaired) electrons. The summed E-state index contributed by atoms with van der Waals surface area (Å²) in [4.78, 5) is 2.60. The van der Waals surface area contributed by atoms with E-state index in [2.05, 4.69) is 172 Å². The highest BCUT2D eigenvalue weighted by atomic mass is 15.1. The predicted octanol–water partition coefficient (Wildman–Crippen LogP) is 14.6. The van der Waals surface area contributed by atoms with Gasteiger partial charge in [0.15, 0.2) is 0 Å². The van der Waals surface area contributed by atoms with Gasteiger partial charge in [-0.3, -0.25) is 0 Å². The molecular formula is C54H53N. The molecule has 1 nitrogen and oxygen atoms in total. The maximum absolute atomic E-state index is 2.61. The van der Waals surface area contributed by atoms with Gasteiger partial charge in [-0.05, 0) is 160 Å². The van der Waals surface area contributed by atoms with Crippen molar-refractivity contribution >= 4 is 17.1 Å². The normalized spacial score (nSPS) is 26.0. The van der Waals surface area contributed by atoms with E-state index >= 15 is 0 Å². The Morgan fingerprint density at radius 2 is 0.982 bits per heavy atom. The highest BCUT2D eigenvalue weighted by Crippen LogP contribution is 2.70. The summed E-state index contributed by atoms with van der Waals surface area (Å²) in [5.41, 5.74) is 18.4. The van der Waals surface area contributed by atoms with Gasteiger partial charge >= 0.3 is 0 Å². The third kappa shape index (κ3) is 4.90. The third-order valence-electron chi connectivity index (χ3n) is 15.3. The van der Waals surface area contributed by atoms with Crippen molar-refractivity contribution < 1.29 is 0 Å².